The number of aromatic nitrogens is 1. The molecule has 1 aliphatic rings. The number of benzene rings is 1. The van der Waals surface area contributed by atoms with E-state index in [1.54, 1.807) is 0 Å². The number of hydrogen-bond donors (Lipinski definition) is 2. The van der Waals surface area contributed by atoms with Crippen molar-refractivity contribution in [1.29, 1.82) is 0 Å². The van der Waals surface area contributed by atoms with E-state index >= 15 is 0 Å². The summed E-state index contributed by atoms with van der Waals surface area (Å²) < 4.78 is 0. The van der Waals surface area contributed by atoms with Crippen LogP contribution >= 0.6 is 0 Å². The van der Waals surface area contributed by atoms with Gasteiger partial charge in [-0.25, -0.2) is 9.78 Å². The first-order valence-corrected chi connectivity index (χ1v) is 9.52. The number of carbonyl (C=O) groups excluding carboxylic acids is 1. The van der Waals surface area contributed by atoms with Gasteiger partial charge in [-0.1, -0.05) is 6.07 Å². The van der Waals surface area contributed by atoms with Crippen LogP contribution in [0.5, 0.6) is 5.75 Å². The van der Waals surface area contributed by atoms with Crippen molar-refractivity contribution in [2.45, 2.75) is 19.3 Å². The van der Waals surface area contributed by atoms with Crippen molar-refractivity contribution in [1.82, 2.24) is 9.88 Å². The Hall–Kier alpha value is -2.93. The van der Waals surface area contributed by atoms with Crippen molar-refractivity contribution >= 4 is 17.6 Å². The van der Waals surface area contributed by atoms with Crippen LogP contribution in [0.3, 0.4) is 0 Å². The van der Waals surface area contributed by atoms with Crippen molar-refractivity contribution in [2.24, 2.45) is 0 Å². The lowest BCUT2D eigenvalue weighted by atomic mass is 10.0. The Morgan fingerprint density at radius 2 is 1.82 bits per heavy atom. The van der Waals surface area contributed by atoms with Crippen LogP contribution in [0.1, 0.15) is 40.0 Å². The summed E-state index contributed by atoms with van der Waals surface area (Å²) in [5, 5.41) is 18.6. The molecule has 0 unspecified atom stereocenters. The van der Waals surface area contributed by atoms with Gasteiger partial charge in [0.1, 0.15) is 17.1 Å². The molecular weight excluding hydrogens is 358 g/mol. The average Bonchev–Trinajstić information content (AvgIpc) is 2.72. The largest absolute Gasteiger partial charge is 0.507 e. The molecule has 2 N–H and O–H groups in total. The van der Waals surface area contributed by atoms with Gasteiger partial charge in [-0.2, -0.15) is 0 Å². The van der Waals surface area contributed by atoms with Crippen LogP contribution in [-0.4, -0.2) is 64.6 Å². The number of phenols is 1. The Kier molecular flexibility index (Phi) is 6.60. The maximum absolute atomic E-state index is 12.3. The second-order valence-corrected chi connectivity index (χ2v) is 6.93. The van der Waals surface area contributed by atoms with Crippen LogP contribution < -0.4 is 4.90 Å². The zero-order valence-electron chi connectivity index (χ0n) is 15.8. The van der Waals surface area contributed by atoms with Crippen LogP contribution in [0, 0.1) is 0 Å². The smallest absolute Gasteiger partial charge is 0.339 e. The molecule has 0 amide bonds. The second kappa shape index (κ2) is 9.32. The molecule has 1 aromatic carbocycles. The van der Waals surface area contributed by atoms with Gasteiger partial charge >= 0.3 is 5.97 Å². The lowest BCUT2D eigenvalue weighted by molar-refractivity contribution is 0.0693. The highest BCUT2D eigenvalue weighted by molar-refractivity contribution is 5.99. The van der Waals surface area contributed by atoms with Crippen molar-refractivity contribution in [3.8, 4) is 5.75 Å². The molecule has 2 heterocycles. The molecule has 1 aliphatic heterocycles. The number of pyridine rings is 1. The minimum atomic E-state index is -1.24. The first kappa shape index (κ1) is 19.8. The molecule has 0 aliphatic carbocycles. The number of piperazine rings is 1. The van der Waals surface area contributed by atoms with E-state index in [1.807, 2.05) is 24.4 Å². The van der Waals surface area contributed by atoms with E-state index in [2.05, 4.69) is 14.8 Å². The molecule has 0 saturated carbocycles. The van der Waals surface area contributed by atoms with Gasteiger partial charge in [-0.15, -0.1) is 0 Å². The molecule has 3 rings (SSSR count). The molecule has 7 heteroatoms. The number of aromatic carboxylic acids is 1. The lowest BCUT2D eigenvalue weighted by Crippen LogP contribution is -2.46. The van der Waals surface area contributed by atoms with E-state index in [-0.39, 0.29) is 17.1 Å². The number of aromatic hydroxyl groups is 1. The number of ketones is 1. The summed E-state index contributed by atoms with van der Waals surface area (Å²) in [6, 6.07) is 9.93. The Morgan fingerprint density at radius 3 is 2.50 bits per heavy atom. The molecule has 1 fully saturated rings. The van der Waals surface area contributed by atoms with Crippen molar-refractivity contribution in [3.05, 3.63) is 53.7 Å². The van der Waals surface area contributed by atoms with Crippen LogP contribution in [0.2, 0.25) is 0 Å². The monoisotopic (exact) mass is 383 g/mol. The van der Waals surface area contributed by atoms with Gasteiger partial charge in [0.05, 0.1) is 0 Å². The van der Waals surface area contributed by atoms with Crippen LogP contribution in [0.15, 0.2) is 42.6 Å². The van der Waals surface area contributed by atoms with Crippen molar-refractivity contribution in [2.75, 3.05) is 37.6 Å². The summed E-state index contributed by atoms with van der Waals surface area (Å²) in [4.78, 5) is 32.4. The van der Waals surface area contributed by atoms with E-state index in [0.717, 1.165) is 51.4 Å². The van der Waals surface area contributed by atoms with Gasteiger partial charge in [0.2, 0.25) is 0 Å². The normalized spacial score (nSPS) is 14.8. The van der Waals surface area contributed by atoms with Gasteiger partial charge in [-0.05, 0) is 49.7 Å². The lowest BCUT2D eigenvalue weighted by Gasteiger charge is -2.35. The minimum Gasteiger partial charge on any atom is -0.507 e. The maximum atomic E-state index is 12.3. The first-order chi connectivity index (χ1) is 13.5. The molecule has 0 spiro atoms. The predicted octanol–water partition coefficient (Wildman–Crippen LogP) is 2.66. The van der Waals surface area contributed by atoms with E-state index in [4.69, 9.17) is 5.11 Å². The van der Waals surface area contributed by atoms with E-state index < -0.39 is 5.97 Å². The molecule has 1 saturated heterocycles. The summed E-state index contributed by atoms with van der Waals surface area (Å²) in [7, 11) is 0. The number of nitrogens with zero attached hydrogens (tertiary/aromatic N) is 3. The van der Waals surface area contributed by atoms with Gasteiger partial charge in [0.25, 0.3) is 0 Å². The van der Waals surface area contributed by atoms with Gasteiger partial charge in [0, 0.05) is 44.4 Å². The Balaban J connectivity index is 1.39. The maximum Gasteiger partial charge on any atom is 0.339 e. The van der Waals surface area contributed by atoms with Crippen molar-refractivity contribution < 1.29 is 19.8 Å². The molecule has 0 radical (unpaired) electrons. The standard InChI is InChI=1S/C21H25N3O4/c25-18(16-7-8-19(26)17(15-16)21(27)28)5-2-4-10-23-11-13-24(14-12-23)20-6-1-3-9-22-20/h1,3,6-9,15,26H,2,4-5,10-14H2,(H,27,28). The summed E-state index contributed by atoms with van der Waals surface area (Å²) in [5.74, 6) is -0.643. The summed E-state index contributed by atoms with van der Waals surface area (Å²) in [6.07, 6.45) is 3.85. The summed E-state index contributed by atoms with van der Waals surface area (Å²) in [6.45, 7) is 4.79. The number of Topliss-reactive ketones (excluding diaryl/α,β-unsaturated/α-hetero) is 1. The topological polar surface area (TPSA) is 94.0 Å². The molecule has 2 aromatic rings. The van der Waals surface area contributed by atoms with Gasteiger partial charge in [-0.3, -0.25) is 9.69 Å². The minimum absolute atomic E-state index is 0.0949. The number of carboxylic acids is 1. The van der Waals surface area contributed by atoms with Crippen LogP contribution in [-0.2, 0) is 0 Å². The number of carboxylic acid groups (broad SMARTS) is 1. The average molecular weight is 383 g/mol. The fraction of sp³-hybridized carbons (Fsp3) is 0.381. The fourth-order valence-corrected chi connectivity index (χ4v) is 3.39. The van der Waals surface area contributed by atoms with Crippen LogP contribution in [0.4, 0.5) is 5.82 Å². The second-order valence-electron chi connectivity index (χ2n) is 6.93. The van der Waals surface area contributed by atoms with E-state index in [0.29, 0.717) is 12.0 Å². The Labute approximate surface area is 164 Å². The molecule has 148 valence electrons. The third-order valence-corrected chi connectivity index (χ3v) is 5.02. The van der Waals surface area contributed by atoms with Gasteiger partial charge < -0.3 is 15.1 Å². The van der Waals surface area contributed by atoms with E-state index in [1.165, 1.54) is 18.2 Å². The zero-order valence-corrected chi connectivity index (χ0v) is 15.8. The van der Waals surface area contributed by atoms with Gasteiger partial charge in [0.15, 0.2) is 5.78 Å². The molecule has 7 nitrogen and oxygen atoms in total. The number of rotatable bonds is 8. The highest BCUT2D eigenvalue weighted by Crippen LogP contribution is 2.20. The Bertz CT molecular complexity index is 818. The fourth-order valence-electron chi connectivity index (χ4n) is 3.39. The predicted molar refractivity (Wildman–Crippen MR) is 106 cm³/mol. The Morgan fingerprint density at radius 1 is 1.04 bits per heavy atom. The highest BCUT2D eigenvalue weighted by Gasteiger charge is 2.18. The van der Waals surface area contributed by atoms with Crippen LogP contribution in [0.25, 0.3) is 0 Å². The summed E-state index contributed by atoms with van der Waals surface area (Å²) >= 11 is 0. The first-order valence-electron chi connectivity index (χ1n) is 9.52. The third-order valence-electron chi connectivity index (χ3n) is 5.02. The molecule has 0 atom stereocenters. The zero-order chi connectivity index (χ0) is 19.9. The number of unbranched alkanes of at least 4 members (excludes halogenated alkanes) is 1. The molecular formula is C21H25N3O4. The molecule has 28 heavy (non-hydrogen) atoms. The molecule has 0 bridgehead atoms. The SMILES string of the molecule is O=C(CCCCN1CCN(c2ccccn2)CC1)c1ccc(O)c(C(=O)O)c1. The number of hydrogen-bond acceptors (Lipinski definition) is 6. The highest BCUT2D eigenvalue weighted by atomic mass is 16.4. The number of anilines is 1. The van der Waals surface area contributed by atoms with Crippen molar-refractivity contribution in [3.63, 3.8) is 0 Å². The summed E-state index contributed by atoms with van der Waals surface area (Å²) in [5.41, 5.74) is 0.0933. The number of carbonyl (C=O) groups is 2. The van der Waals surface area contributed by atoms with E-state index in [9.17, 15) is 14.7 Å². The molecule has 1 aromatic heterocycles. The third kappa shape index (κ3) is 5.07. The quantitative estimate of drug-likeness (QED) is 0.535.